The summed E-state index contributed by atoms with van der Waals surface area (Å²) in [5, 5.41) is 3.26. The van der Waals surface area contributed by atoms with Crippen LogP contribution in [0, 0.1) is 0 Å². The predicted molar refractivity (Wildman–Crippen MR) is 209 cm³/mol. The molecule has 2 aromatic heterocycles. The lowest BCUT2D eigenvalue weighted by atomic mass is 9.66. The molecule has 0 N–H and O–H groups in total. The molecule has 9 aromatic rings. The molecule has 4 nitrogen and oxygen atoms in total. The molecule has 0 radical (unpaired) electrons. The van der Waals surface area contributed by atoms with Gasteiger partial charge in [0, 0.05) is 33.7 Å². The van der Waals surface area contributed by atoms with Crippen LogP contribution >= 0.6 is 0 Å². The molecule has 0 unspecified atom stereocenters. The monoisotopic (exact) mass is 663 g/mol. The maximum absolute atomic E-state index is 6.55. The van der Waals surface area contributed by atoms with Gasteiger partial charge in [-0.2, -0.15) is 0 Å². The van der Waals surface area contributed by atoms with Crippen molar-refractivity contribution in [1.29, 1.82) is 0 Å². The third-order valence-corrected chi connectivity index (χ3v) is 10.8. The molecule has 0 saturated carbocycles. The van der Waals surface area contributed by atoms with Gasteiger partial charge in [0.25, 0.3) is 0 Å². The molecular weight excluding hydrogens is 635 g/mol. The van der Waals surface area contributed by atoms with Gasteiger partial charge in [0.1, 0.15) is 17.2 Å². The summed E-state index contributed by atoms with van der Waals surface area (Å²) in [5.74, 6) is 2.37. The third-order valence-electron chi connectivity index (χ3n) is 10.8. The van der Waals surface area contributed by atoms with Crippen LogP contribution in [0.25, 0.3) is 66.7 Å². The summed E-state index contributed by atoms with van der Waals surface area (Å²) in [6, 6.07) is 59.8. The Labute approximate surface area is 300 Å². The fraction of sp³-hybridized carbons (Fsp3) is 0.0208. The first kappa shape index (κ1) is 28.9. The van der Waals surface area contributed by atoms with E-state index in [9.17, 15) is 0 Å². The Bertz CT molecular complexity index is 2850. The number of hydrogen-bond donors (Lipinski definition) is 0. The van der Waals surface area contributed by atoms with Gasteiger partial charge in [-0.25, -0.2) is 9.97 Å². The second-order valence-electron chi connectivity index (χ2n) is 13.5. The van der Waals surface area contributed by atoms with Crippen LogP contribution in [-0.4, -0.2) is 15.0 Å². The van der Waals surface area contributed by atoms with Crippen molar-refractivity contribution in [1.82, 2.24) is 15.0 Å². The van der Waals surface area contributed by atoms with Crippen LogP contribution < -0.4 is 4.74 Å². The standard InChI is InChI=1S/C48H29N3O/c1-2-14-31(15-3-1)45-36-26-25-30-13-4-5-16-34(30)46(36)51-47(50-45)41-29-32(27-28-49-41)33-18-12-22-40-44(33)35-17-6-7-19-37(35)48(40)38-20-8-10-23-42(38)52-43-24-11-9-21-39(43)48/h1-29H. The molecule has 11 rings (SSSR count). The molecule has 0 atom stereocenters. The number of aromatic nitrogens is 3. The van der Waals surface area contributed by atoms with Crippen molar-refractivity contribution < 1.29 is 4.74 Å². The Morgan fingerprint density at radius 1 is 0.462 bits per heavy atom. The number of benzene rings is 7. The number of fused-ring (bicyclic) bond motifs is 12. The maximum Gasteiger partial charge on any atom is 0.179 e. The summed E-state index contributed by atoms with van der Waals surface area (Å²) >= 11 is 0. The number of nitrogens with zero attached hydrogens (tertiary/aromatic N) is 3. The average Bonchev–Trinajstić information content (AvgIpc) is 3.51. The molecule has 242 valence electrons. The van der Waals surface area contributed by atoms with E-state index in [4.69, 9.17) is 19.7 Å². The number of hydrogen-bond acceptors (Lipinski definition) is 4. The number of ether oxygens (including phenoxy) is 1. The minimum Gasteiger partial charge on any atom is -0.457 e. The van der Waals surface area contributed by atoms with Crippen molar-refractivity contribution in [2.24, 2.45) is 0 Å². The van der Waals surface area contributed by atoms with E-state index >= 15 is 0 Å². The normalized spacial score (nSPS) is 13.3. The molecule has 1 spiro atoms. The van der Waals surface area contributed by atoms with Crippen molar-refractivity contribution >= 4 is 21.7 Å². The Morgan fingerprint density at radius 2 is 1.13 bits per heavy atom. The highest BCUT2D eigenvalue weighted by atomic mass is 16.5. The SMILES string of the molecule is c1ccc(-c2nc(-c3cc(-c4cccc5c4-c4ccccc4C54c5ccccc5Oc5ccccc54)ccn3)nc3c2ccc2ccccc23)cc1. The zero-order chi connectivity index (χ0) is 34.2. The minimum atomic E-state index is -0.531. The van der Waals surface area contributed by atoms with E-state index < -0.39 is 5.41 Å². The largest absolute Gasteiger partial charge is 0.457 e. The van der Waals surface area contributed by atoms with Crippen molar-refractivity contribution in [3.63, 3.8) is 0 Å². The summed E-state index contributed by atoms with van der Waals surface area (Å²) in [5.41, 5.74) is 12.5. The van der Waals surface area contributed by atoms with Crippen molar-refractivity contribution in [2.75, 3.05) is 0 Å². The first-order valence-corrected chi connectivity index (χ1v) is 17.6. The molecule has 0 fully saturated rings. The van der Waals surface area contributed by atoms with Crippen molar-refractivity contribution in [3.05, 3.63) is 198 Å². The van der Waals surface area contributed by atoms with Crippen LogP contribution in [0.15, 0.2) is 176 Å². The van der Waals surface area contributed by atoms with Crippen LogP contribution in [0.2, 0.25) is 0 Å². The lowest BCUT2D eigenvalue weighted by Crippen LogP contribution is -2.32. The van der Waals surface area contributed by atoms with E-state index in [1.807, 2.05) is 12.3 Å². The zero-order valence-corrected chi connectivity index (χ0v) is 28.0. The topological polar surface area (TPSA) is 47.9 Å². The second kappa shape index (κ2) is 11.0. The van der Waals surface area contributed by atoms with Gasteiger partial charge in [-0.1, -0.05) is 140 Å². The lowest BCUT2D eigenvalue weighted by molar-refractivity contribution is 0.436. The van der Waals surface area contributed by atoms with Crippen LogP contribution in [0.5, 0.6) is 11.5 Å². The Hall–Kier alpha value is -6.91. The molecule has 0 amide bonds. The lowest BCUT2D eigenvalue weighted by Gasteiger charge is -2.39. The van der Waals surface area contributed by atoms with Crippen molar-refractivity contribution in [3.8, 4) is 56.5 Å². The van der Waals surface area contributed by atoms with Gasteiger partial charge >= 0.3 is 0 Å². The van der Waals surface area contributed by atoms with E-state index in [1.54, 1.807) is 0 Å². The molecule has 1 aliphatic carbocycles. The van der Waals surface area contributed by atoms with E-state index in [0.29, 0.717) is 5.82 Å². The number of pyridine rings is 1. The minimum absolute atomic E-state index is 0.531. The summed E-state index contributed by atoms with van der Waals surface area (Å²) < 4.78 is 6.55. The Balaban J connectivity index is 1.15. The summed E-state index contributed by atoms with van der Waals surface area (Å²) in [6.07, 6.45) is 1.89. The highest BCUT2D eigenvalue weighted by Gasteiger charge is 2.51. The van der Waals surface area contributed by atoms with Gasteiger partial charge in [-0.3, -0.25) is 4.98 Å². The Kier molecular flexibility index (Phi) is 6.13. The Morgan fingerprint density at radius 3 is 1.96 bits per heavy atom. The van der Waals surface area contributed by atoms with E-state index in [0.717, 1.165) is 72.4 Å². The number of para-hydroxylation sites is 2. The quantitative estimate of drug-likeness (QED) is 0.177. The van der Waals surface area contributed by atoms with Gasteiger partial charge in [-0.05, 0) is 69.1 Å². The average molecular weight is 664 g/mol. The molecular formula is C48H29N3O. The van der Waals surface area contributed by atoms with Gasteiger partial charge in [-0.15, -0.1) is 0 Å². The third kappa shape index (κ3) is 4.00. The van der Waals surface area contributed by atoms with E-state index in [1.165, 1.54) is 22.3 Å². The van der Waals surface area contributed by atoms with Gasteiger partial charge in [0.2, 0.25) is 0 Å². The molecule has 52 heavy (non-hydrogen) atoms. The molecule has 0 bridgehead atoms. The molecule has 4 heteroatoms. The summed E-state index contributed by atoms with van der Waals surface area (Å²) in [7, 11) is 0. The van der Waals surface area contributed by atoms with Gasteiger partial charge in [0.15, 0.2) is 5.82 Å². The smallest absolute Gasteiger partial charge is 0.179 e. The second-order valence-corrected chi connectivity index (χ2v) is 13.5. The van der Waals surface area contributed by atoms with Crippen LogP contribution in [0.1, 0.15) is 22.3 Å². The molecule has 0 saturated heterocycles. The van der Waals surface area contributed by atoms with Crippen LogP contribution in [-0.2, 0) is 5.41 Å². The van der Waals surface area contributed by atoms with Gasteiger partial charge in [0.05, 0.1) is 16.6 Å². The molecule has 2 aliphatic rings. The van der Waals surface area contributed by atoms with Crippen LogP contribution in [0.4, 0.5) is 0 Å². The fourth-order valence-corrected chi connectivity index (χ4v) is 8.66. The van der Waals surface area contributed by atoms with E-state index in [-0.39, 0.29) is 0 Å². The van der Waals surface area contributed by atoms with Gasteiger partial charge < -0.3 is 4.74 Å². The highest BCUT2D eigenvalue weighted by Crippen LogP contribution is 2.63. The maximum atomic E-state index is 6.55. The van der Waals surface area contributed by atoms with Crippen molar-refractivity contribution in [2.45, 2.75) is 5.41 Å². The predicted octanol–water partition coefficient (Wildman–Crippen LogP) is 11.6. The fourth-order valence-electron chi connectivity index (χ4n) is 8.66. The number of rotatable bonds is 3. The highest BCUT2D eigenvalue weighted by molar-refractivity contribution is 6.09. The zero-order valence-electron chi connectivity index (χ0n) is 28.0. The first-order valence-electron chi connectivity index (χ1n) is 17.6. The van der Waals surface area contributed by atoms with E-state index in [2.05, 4.69) is 164 Å². The summed E-state index contributed by atoms with van der Waals surface area (Å²) in [4.78, 5) is 15.4. The summed E-state index contributed by atoms with van der Waals surface area (Å²) in [6.45, 7) is 0. The van der Waals surface area contributed by atoms with Crippen LogP contribution in [0.3, 0.4) is 0 Å². The molecule has 1 aliphatic heterocycles. The molecule has 3 heterocycles. The first-order chi connectivity index (χ1) is 25.8. The molecule has 7 aromatic carbocycles.